The Kier molecular flexibility index (Phi) is 4.62. The van der Waals surface area contributed by atoms with E-state index >= 15 is 0 Å². The van der Waals surface area contributed by atoms with Crippen molar-refractivity contribution in [2.75, 3.05) is 0 Å². The molecule has 0 aliphatic rings. The van der Waals surface area contributed by atoms with E-state index in [-0.39, 0.29) is 18.1 Å². The molecule has 0 aliphatic heterocycles. The molecule has 5 heteroatoms. The third-order valence-corrected chi connectivity index (χ3v) is 3.07. The average Bonchev–Trinajstić information content (AvgIpc) is 2.85. The van der Waals surface area contributed by atoms with Crippen LogP contribution in [-0.4, -0.2) is 21.8 Å². The van der Waals surface area contributed by atoms with Crippen molar-refractivity contribution in [3.8, 4) is 5.75 Å². The fourth-order valence-corrected chi connectivity index (χ4v) is 2.01. The van der Waals surface area contributed by atoms with Gasteiger partial charge in [-0.3, -0.25) is 9.48 Å². The zero-order valence-corrected chi connectivity index (χ0v) is 12.8. The predicted molar refractivity (Wildman–Crippen MR) is 81.3 cm³/mol. The molecule has 5 nitrogen and oxygen atoms in total. The van der Waals surface area contributed by atoms with Crippen molar-refractivity contribution < 1.29 is 9.53 Å². The Morgan fingerprint density at radius 1 is 1.24 bits per heavy atom. The summed E-state index contributed by atoms with van der Waals surface area (Å²) in [4.78, 5) is 12.1. The van der Waals surface area contributed by atoms with Gasteiger partial charge in [0.2, 0.25) is 0 Å². The zero-order valence-electron chi connectivity index (χ0n) is 12.8. The molecule has 2 rings (SSSR count). The van der Waals surface area contributed by atoms with E-state index in [1.165, 1.54) is 0 Å². The van der Waals surface area contributed by atoms with Gasteiger partial charge in [-0.1, -0.05) is 12.1 Å². The second-order valence-electron chi connectivity index (χ2n) is 5.33. The number of carbonyl (C=O) groups excluding carboxylic acids is 1. The summed E-state index contributed by atoms with van der Waals surface area (Å²) in [6.45, 7) is 5.93. The van der Waals surface area contributed by atoms with Crippen LogP contribution in [0.5, 0.6) is 5.75 Å². The standard InChI is InChI=1S/C16H21N3O2/c1-11(2)21-15-7-5-13(6-8-15)12(3)18-16(20)14-9-17-19(4)10-14/h5-12H,1-4H3,(H,18,20). The Labute approximate surface area is 124 Å². The molecular weight excluding hydrogens is 266 g/mol. The van der Waals surface area contributed by atoms with Crippen LogP contribution in [0.3, 0.4) is 0 Å². The smallest absolute Gasteiger partial charge is 0.254 e. The van der Waals surface area contributed by atoms with Crippen molar-refractivity contribution in [3.63, 3.8) is 0 Å². The normalized spacial score (nSPS) is 12.2. The first-order valence-corrected chi connectivity index (χ1v) is 7.02. The maximum atomic E-state index is 12.1. The molecule has 0 saturated carbocycles. The summed E-state index contributed by atoms with van der Waals surface area (Å²) < 4.78 is 7.21. The quantitative estimate of drug-likeness (QED) is 0.920. The second-order valence-corrected chi connectivity index (χ2v) is 5.33. The van der Waals surface area contributed by atoms with Crippen LogP contribution >= 0.6 is 0 Å². The lowest BCUT2D eigenvalue weighted by atomic mass is 10.1. The molecule has 0 spiro atoms. The lowest BCUT2D eigenvalue weighted by Gasteiger charge is -2.15. The summed E-state index contributed by atoms with van der Waals surface area (Å²) in [5, 5.41) is 6.95. The van der Waals surface area contributed by atoms with Gasteiger partial charge in [0.1, 0.15) is 5.75 Å². The number of rotatable bonds is 5. The van der Waals surface area contributed by atoms with Gasteiger partial charge in [0.15, 0.2) is 0 Å². The first-order chi connectivity index (χ1) is 9.95. The minimum atomic E-state index is -0.127. The Balaban J connectivity index is 1.99. The van der Waals surface area contributed by atoms with Crippen molar-refractivity contribution in [2.24, 2.45) is 7.05 Å². The number of amides is 1. The molecule has 0 bridgehead atoms. The Bertz CT molecular complexity index is 602. The largest absolute Gasteiger partial charge is 0.491 e. The molecule has 1 heterocycles. The van der Waals surface area contributed by atoms with E-state index < -0.39 is 0 Å². The van der Waals surface area contributed by atoms with E-state index in [2.05, 4.69) is 10.4 Å². The van der Waals surface area contributed by atoms with Crippen LogP contribution in [0.2, 0.25) is 0 Å². The van der Waals surface area contributed by atoms with E-state index in [9.17, 15) is 4.79 Å². The Hall–Kier alpha value is -2.30. The topological polar surface area (TPSA) is 56.1 Å². The molecule has 1 amide bonds. The third-order valence-electron chi connectivity index (χ3n) is 3.07. The highest BCUT2D eigenvalue weighted by molar-refractivity contribution is 5.93. The van der Waals surface area contributed by atoms with Crippen LogP contribution < -0.4 is 10.1 Å². The first kappa shape index (κ1) is 15.1. The second kappa shape index (κ2) is 6.43. The number of ether oxygens (including phenoxy) is 1. The van der Waals surface area contributed by atoms with E-state index in [1.807, 2.05) is 45.0 Å². The molecule has 1 aromatic heterocycles. The van der Waals surface area contributed by atoms with E-state index in [0.29, 0.717) is 5.56 Å². The van der Waals surface area contributed by atoms with Gasteiger partial charge in [-0.25, -0.2) is 0 Å². The average molecular weight is 287 g/mol. The van der Waals surface area contributed by atoms with Gasteiger partial charge in [-0.15, -0.1) is 0 Å². The molecule has 0 fully saturated rings. The summed E-state index contributed by atoms with van der Waals surface area (Å²) in [5.41, 5.74) is 1.59. The first-order valence-electron chi connectivity index (χ1n) is 7.02. The summed E-state index contributed by atoms with van der Waals surface area (Å²) in [7, 11) is 1.79. The molecule has 1 N–H and O–H groups in total. The highest BCUT2D eigenvalue weighted by Crippen LogP contribution is 2.18. The lowest BCUT2D eigenvalue weighted by molar-refractivity contribution is 0.0940. The van der Waals surface area contributed by atoms with Crippen molar-refractivity contribution >= 4 is 5.91 Å². The van der Waals surface area contributed by atoms with Crippen LogP contribution in [-0.2, 0) is 7.05 Å². The van der Waals surface area contributed by atoms with Crippen LogP contribution in [0.25, 0.3) is 0 Å². The maximum Gasteiger partial charge on any atom is 0.254 e. The number of carbonyl (C=O) groups is 1. The Morgan fingerprint density at radius 2 is 1.90 bits per heavy atom. The molecule has 112 valence electrons. The molecule has 0 aliphatic carbocycles. The van der Waals surface area contributed by atoms with Gasteiger partial charge in [0.05, 0.1) is 23.9 Å². The number of benzene rings is 1. The summed E-state index contributed by atoms with van der Waals surface area (Å²) >= 11 is 0. The number of aromatic nitrogens is 2. The summed E-state index contributed by atoms with van der Waals surface area (Å²) in [5.74, 6) is 0.706. The lowest BCUT2D eigenvalue weighted by Crippen LogP contribution is -2.26. The van der Waals surface area contributed by atoms with Gasteiger partial charge in [0.25, 0.3) is 5.91 Å². The molecule has 0 radical (unpaired) electrons. The van der Waals surface area contributed by atoms with E-state index in [1.54, 1.807) is 24.1 Å². The van der Waals surface area contributed by atoms with Crippen LogP contribution in [0.4, 0.5) is 0 Å². The van der Waals surface area contributed by atoms with Crippen LogP contribution in [0.15, 0.2) is 36.7 Å². The summed E-state index contributed by atoms with van der Waals surface area (Å²) in [6, 6.07) is 7.69. The summed E-state index contributed by atoms with van der Waals surface area (Å²) in [6.07, 6.45) is 3.40. The van der Waals surface area contributed by atoms with Gasteiger partial charge in [-0.05, 0) is 38.5 Å². The molecule has 0 saturated heterocycles. The Morgan fingerprint density at radius 3 is 2.43 bits per heavy atom. The number of hydrogen-bond acceptors (Lipinski definition) is 3. The van der Waals surface area contributed by atoms with Crippen molar-refractivity contribution in [3.05, 3.63) is 47.8 Å². The minimum absolute atomic E-state index is 0.0780. The van der Waals surface area contributed by atoms with Crippen LogP contribution in [0.1, 0.15) is 42.7 Å². The third kappa shape index (κ3) is 4.08. The molecular formula is C16H21N3O2. The molecule has 1 atom stereocenters. The fraction of sp³-hybridized carbons (Fsp3) is 0.375. The van der Waals surface area contributed by atoms with Crippen LogP contribution in [0, 0.1) is 0 Å². The molecule has 1 aromatic carbocycles. The van der Waals surface area contributed by atoms with Crippen molar-refractivity contribution in [2.45, 2.75) is 32.9 Å². The fourth-order valence-electron chi connectivity index (χ4n) is 2.01. The minimum Gasteiger partial charge on any atom is -0.491 e. The van der Waals surface area contributed by atoms with Gasteiger partial charge < -0.3 is 10.1 Å². The number of nitrogens with one attached hydrogen (secondary N) is 1. The number of hydrogen-bond donors (Lipinski definition) is 1. The SMILES string of the molecule is CC(C)Oc1ccc(C(C)NC(=O)c2cnn(C)c2)cc1. The predicted octanol–water partition coefficient (Wildman–Crippen LogP) is 2.70. The van der Waals surface area contributed by atoms with Gasteiger partial charge >= 0.3 is 0 Å². The maximum absolute atomic E-state index is 12.1. The molecule has 1 unspecified atom stereocenters. The van der Waals surface area contributed by atoms with Gasteiger partial charge in [0, 0.05) is 13.2 Å². The highest BCUT2D eigenvalue weighted by atomic mass is 16.5. The molecule has 21 heavy (non-hydrogen) atoms. The number of nitrogens with zero attached hydrogens (tertiary/aromatic N) is 2. The number of aryl methyl sites for hydroxylation is 1. The van der Waals surface area contributed by atoms with E-state index in [4.69, 9.17) is 4.74 Å². The van der Waals surface area contributed by atoms with Crippen molar-refractivity contribution in [1.82, 2.24) is 15.1 Å². The highest BCUT2D eigenvalue weighted by Gasteiger charge is 2.13. The van der Waals surface area contributed by atoms with Crippen molar-refractivity contribution in [1.29, 1.82) is 0 Å². The van der Waals surface area contributed by atoms with E-state index in [0.717, 1.165) is 11.3 Å². The molecule has 2 aromatic rings. The van der Waals surface area contributed by atoms with Gasteiger partial charge in [-0.2, -0.15) is 5.10 Å². The zero-order chi connectivity index (χ0) is 15.4. The monoisotopic (exact) mass is 287 g/mol.